The van der Waals surface area contributed by atoms with Crippen molar-refractivity contribution < 1.29 is 18.3 Å². The Morgan fingerprint density at radius 2 is 2.04 bits per heavy atom. The lowest BCUT2D eigenvalue weighted by atomic mass is 9.84. The maximum atomic E-state index is 12.8. The Morgan fingerprint density at radius 3 is 2.68 bits per heavy atom. The molecule has 0 aromatic carbocycles. The molecule has 4 nitrogen and oxygen atoms in total. The molecule has 0 spiro atoms. The number of aliphatic hydroxyl groups excluding tert-OH is 1. The average Bonchev–Trinajstić information content (AvgIpc) is 3.37. The highest BCUT2D eigenvalue weighted by atomic mass is 19.4. The van der Waals surface area contributed by atoms with Crippen molar-refractivity contribution in [3.05, 3.63) is 29.5 Å². The summed E-state index contributed by atoms with van der Waals surface area (Å²) in [5.74, 6) is 1.54. The van der Waals surface area contributed by atoms with E-state index >= 15 is 0 Å². The summed E-state index contributed by atoms with van der Waals surface area (Å²) in [4.78, 5) is 7.04. The summed E-state index contributed by atoms with van der Waals surface area (Å²) in [7, 11) is 0. The molecule has 2 saturated carbocycles. The Morgan fingerprint density at radius 1 is 1.28 bits per heavy atom. The number of anilines is 1. The highest BCUT2D eigenvalue weighted by Crippen LogP contribution is 2.41. The van der Waals surface area contributed by atoms with Crippen molar-refractivity contribution in [1.29, 1.82) is 0 Å². The van der Waals surface area contributed by atoms with Gasteiger partial charge in [0, 0.05) is 35.8 Å². The van der Waals surface area contributed by atoms with Crippen LogP contribution in [0.1, 0.15) is 42.9 Å². The van der Waals surface area contributed by atoms with Crippen LogP contribution >= 0.6 is 0 Å². The Balaban J connectivity index is 1.42. The number of nitrogens with zero attached hydrogens (tertiary/aromatic N) is 2. The largest absolute Gasteiger partial charge is 0.406 e. The zero-order chi connectivity index (χ0) is 17.6. The Kier molecular flexibility index (Phi) is 4.24. The van der Waals surface area contributed by atoms with E-state index in [1.807, 2.05) is 0 Å². The van der Waals surface area contributed by atoms with Gasteiger partial charge >= 0.3 is 6.18 Å². The van der Waals surface area contributed by atoms with Crippen LogP contribution in [0.25, 0.3) is 6.08 Å². The van der Waals surface area contributed by atoms with E-state index in [0.29, 0.717) is 18.8 Å². The van der Waals surface area contributed by atoms with Crippen LogP contribution < -0.4 is 10.2 Å². The molecular formula is C18H22F3N3O. The van der Waals surface area contributed by atoms with Gasteiger partial charge in [-0.3, -0.25) is 0 Å². The first-order chi connectivity index (χ1) is 12.0. The van der Waals surface area contributed by atoms with Gasteiger partial charge in [-0.1, -0.05) is 12.2 Å². The monoisotopic (exact) mass is 353 g/mol. The van der Waals surface area contributed by atoms with Crippen LogP contribution in [0.3, 0.4) is 0 Å². The minimum Gasteiger partial charge on any atom is -0.394 e. The summed E-state index contributed by atoms with van der Waals surface area (Å²) in [6, 6.07) is 2.32. The predicted molar refractivity (Wildman–Crippen MR) is 89.5 cm³/mol. The number of fused-ring (bicyclic) bond motifs is 1. The minimum atomic E-state index is -4.42. The lowest BCUT2D eigenvalue weighted by Crippen LogP contribution is -2.59. The van der Waals surface area contributed by atoms with Gasteiger partial charge in [0.15, 0.2) is 0 Å². The molecule has 0 unspecified atom stereocenters. The van der Waals surface area contributed by atoms with Crippen LogP contribution in [0.5, 0.6) is 0 Å². The van der Waals surface area contributed by atoms with Gasteiger partial charge in [-0.05, 0) is 37.8 Å². The minimum absolute atomic E-state index is 0.190. The van der Waals surface area contributed by atoms with Gasteiger partial charge in [-0.15, -0.1) is 0 Å². The maximum Gasteiger partial charge on any atom is 0.406 e. The molecule has 0 radical (unpaired) electrons. The number of rotatable bonds is 5. The third kappa shape index (κ3) is 3.40. The molecule has 2 fully saturated rings. The van der Waals surface area contributed by atoms with Crippen molar-refractivity contribution in [2.24, 2.45) is 0 Å². The summed E-state index contributed by atoms with van der Waals surface area (Å²) in [5.41, 5.74) is 2.21. The molecule has 4 rings (SSSR count). The van der Waals surface area contributed by atoms with E-state index in [-0.39, 0.29) is 12.1 Å². The molecular weight excluding hydrogens is 331 g/mol. The van der Waals surface area contributed by atoms with E-state index in [1.165, 1.54) is 12.8 Å². The maximum absolute atomic E-state index is 12.8. The number of aliphatic hydroxyl groups is 1. The summed E-state index contributed by atoms with van der Waals surface area (Å²) < 4.78 is 38.3. The van der Waals surface area contributed by atoms with E-state index in [0.717, 1.165) is 23.6 Å². The van der Waals surface area contributed by atoms with Gasteiger partial charge in [0.2, 0.25) is 0 Å². The number of hydrogen-bond donors (Lipinski definition) is 2. The zero-order valence-electron chi connectivity index (χ0n) is 13.8. The Hall–Kier alpha value is -1.60. The second kappa shape index (κ2) is 6.29. The molecule has 1 aromatic heterocycles. The SMILES string of the molecule is OC[C@@H](NC1CC(N2CC=Cc3ccc(C4CC4)nc32)C1)C(F)(F)F. The first kappa shape index (κ1) is 16.8. The molecule has 2 N–H and O–H groups in total. The van der Waals surface area contributed by atoms with E-state index in [9.17, 15) is 13.2 Å². The lowest BCUT2D eigenvalue weighted by molar-refractivity contribution is -0.167. The quantitative estimate of drug-likeness (QED) is 0.855. The standard InChI is InChI=1S/C18H22F3N3O/c19-18(20,21)16(10-25)22-13-8-14(9-13)24-7-1-2-12-5-6-15(11-3-4-11)23-17(12)24/h1-2,5-6,11,13-14,16,22,25H,3-4,7-10H2/t13?,14?,16-/m1/s1. The molecule has 1 aromatic rings. The molecule has 3 aliphatic rings. The highest BCUT2D eigenvalue weighted by Gasteiger charge is 2.44. The number of nitrogens with one attached hydrogen (secondary N) is 1. The fourth-order valence-corrected chi connectivity index (χ4v) is 3.66. The van der Waals surface area contributed by atoms with E-state index < -0.39 is 18.8 Å². The fraction of sp³-hybridized carbons (Fsp3) is 0.611. The van der Waals surface area contributed by atoms with Gasteiger partial charge < -0.3 is 15.3 Å². The third-order valence-electron chi connectivity index (χ3n) is 5.36. The van der Waals surface area contributed by atoms with Crippen molar-refractivity contribution in [1.82, 2.24) is 10.3 Å². The summed E-state index contributed by atoms with van der Waals surface area (Å²) in [6.07, 6.45) is 3.38. The molecule has 1 atom stereocenters. The summed E-state index contributed by atoms with van der Waals surface area (Å²) in [6.45, 7) is -0.180. The average molecular weight is 353 g/mol. The molecule has 0 amide bonds. The molecule has 7 heteroatoms. The van der Waals surface area contributed by atoms with Crippen molar-refractivity contribution in [2.45, 2.75) is 55.9 Å². The second-order valence-electron chi connectivity index (χ2n) is 7.24. The van der Waals surface area contributed by atoms with Crippen LogP contribution in [0.4, 0.5) is 19.0 Å². The number of pyridine rings is 1. The highest BCUT2D eigenvalue weighted by molar-refractivity contribution is 5.68. The summed E-state index contributed by atoms with van der Waals surface area (Å²) >= 11 is 0. The number of halogens is 3. The van der Waals surface area contributed by atoms with Crippen LogP contribution in [-0.2, 0) is 0 Å². The van der Waals surface area contributed by atoms with E-state index in [4.69, 9.17) is 10.1 Å². The van der Waals surface area contributed by atoms with Gasteiger partial charge in [0.05, 0.1) is 6.61 Å². The van der Waals surface area contributed by atoms with Crippen LogP contribution in [0, 0.1) is 0 Å². The predicted octanol–water partition coefficient (Wildman–Crippen LogP) is 2.84. The van der Waals surface area contributed by atoms with Crippen molar-refractivity contribution in [3.63, 3.8) is 0 Å². The third-order valence-corrected chi connectivity index (χ3v) is 5.36. The first-order valence-corrected chi connectivity index (χ1v) is 8.83. The van der Waals surface area contributed by atoms with Crippen molar-refractivity contribution in [3.8, 4) is 0 Å². The number of alkyl halides is 3. The van der Waals surface area contributed by atoms with E-state index in [2.05, 4.69) is 34.5 Å². The van der Waals surface area contributed by atoms with Gasteiger partial charge in [-0.25, -0.2) is 4.98 Å². The van der Waals surface area contributed by atoms with Gasteiger partial charge in [-0.2, -0.15) is 13.2 Å². The van der Waals surface area contributed by atoms with Crippen LogP contribution in [0.2, 0.25) is 0 Å². The van der Waals surface area contributed by atoms with Crippen LogP contribution in [-0.4, -0.2) is 47.5 Å². The molecule has 25 heavy (non-hydrogen) atoms. The summed E-state index contributed by atoms with van der Waals surface area (Å²) in [5, 5.41) is 11.5. The molecule has 2 aliphatic carbocycles. The number of hydrogen-bond acceptors (Lipinski definition) is 4. The molecule has 0 bridgehead atoms. The second-order valence-corrected chi connectivity index (χ2v) is 7.24. The van der Waals surface area contributed by atoms with Crippen LogP contribution in [0.15, 0.2) is 18.2 Å². The van der Waals surface area contributed by atoms with Gasteiger partial charge in [0.1, 0.15) is 11.9 Å². The molecule has 2 heterocycles. The molecule has 136 valence electrons. The molecule has 0 saturated heterocycles. The number of aromatic nitrogens is 1. The Bertz CT molecular complexity index is 666. The van der Waals surface area contributed by atoms with Crippen molar-refractivity contribution >= 4 is 11.9 Å². The lowest BCUT2D eigenvalue weighted by Gasteiger charge is -2.46. The Labute approximate surface area is 144 Å². The smallest absolute Gasteiger partial charge is 0.394 e. The topological polar surface area (TPSA) is 48.4 Å². The first-order valence-electron chi connectivity index (χ1n) is 8.83. The fourth-order valence-electron chi connectivity index (χ4n) is 3.66. The van der Waals surface area contributed by atoms with E-state index in [1.54, 1.807) is 0 Å². The van der Waals surface area contributed by atoms with Crippen molar-refractivity contribution in [2.75, 3.05) is 18.1 Å². The zero-order valence-corrected chi connectivity index (χ0v) is 13.8. The molecule has 1 aliphatic heterocycles. The normalized spacial score (nSPS) is 27.0. The van der Waals surface area contributed by atoms with Gasteiger partial charge in [0.25, 0.3) is 0 Å².